The van der Waals surface area contributed by atoms with Crippen LogP contribution in [0.25, 0.3) is 0 Å². The fraction of sp³-hybridized carbons (Fsp3) is 0.567. The van der Waals surface area contributed by atoms with E-state index in [0.29, 0.717) is 12.8 Å². The van der Waals surface area contributed by atoms with Crippen molar-refractivity contribution in [2.45, 2.75) is 193 Å². The van der Waals surface area contributed by atoms with Crippen molar-refractivity contribution in [2.24, 2.45) is 0 Å². The second-order valence-electron chi connectivity index (χ2n) is 20.9. The van der Waals surface area contributed by atoms with Crippen LogP contribution in [0.4, 0.5) is 0 Å². The normalized spacial score (nSPS) is 18.5. The molecule has 3 aromatic rings. The Morgan fingerprint density at radius 3 is 1.61 bits per heavy atom. The zero-order valence-electron chi connectivity index (χ0n) is 46.0. The number of allylic oxidation sites excluding steroid dienone is 1. The van der Waals surface area contributed by atoms with Gasteiger partial charge in [0.15, 0.2) is 18.5 Å². The van der Waals surface area contributed by atoms with Gasteiger partial charge in [-0.25, -0.2) is 24.0 Å². The molecule has 1 fully saturated rings. The van der Waals surface area contributed by atoms with E-state index in [9.17, 15) is 28.8 Å². The number of hydrogen-bond acceptors (Lipinski definition) is 15. The molecule has 0 unspecified atom stereocenters. The summed E-state index contributed by atoms with van der Waals surface area (Å²) in [6.07, 6.45) is 6.74. The third kappa shape index (κ3) is 23.9. The van der Waals surface area contributed by atoms with Crippen molar-refractivity contribution in [3.8, 4) is 0 Å². The fourth-order valence-corrected chi connectivity index (χ4v) is 8.18. The van der Waals surface area contributed by atoms with Crippen molar-refractivity contribution < 1.29 is 71.4 Å². The highest BCUT2D eigenvalue weighted by Crippen LogP contribution is 2.32. The summed E-state index contributed by atoms with van der Waals surface area (Å²) in [4.78, 5) is 82.5. The predicted octanol–water partition coefficient (Wildman–Crippen LogP) is 10.6. The number of benzene rings is 3. The Morgan fingerprint density at radius 1 is 0.579 bits per heavy atom. The van der Waals surface area contributed by atoms with Crippen LogP contribution in [0.3, 0.4) is 0 Å². The first-order valence-corrected chi connectivity index (χ1v) is 27.0. The Balaban J connectivity index is 1.83. The Hall–Kier alpha value is -5.94. The van der Waals surface area contributed by atoms with Crippen LogP contribution in [0.1, 0.15) is 170 Å². The molecule has 7 atom stereocenters. The lowest BCUT2D eigenvalue weighted by Crippen LogP contribution is -2.63. The van der Waals surface area contributed by atoms with Gasteiger partial charge in [0.2, 0.25) is 5.91 Å². The maximum atomic E-state index is 14.2. The standard InChI is InChI=1S/C60H83NO15/c1-9-11-13-15-17-19-30-38-49(62)61-46(47(37-29-18-16-14-12-10-2)71-55(65)43-31-23-20-24-32-43)39-70-58-54(74-57(67)45-35-27-22-28-36-45)53(73-56(66)44-33-25-21-26-34-44)52(69-42-51(64)76-60(6,7)8)48(72-58)40-68-41-50(63)75-59(3,4)5/h20-29,31-37,46-48,52-54,58H,9-19,30,38-42H2,1-8H3,(H,61,62)/b37-29+/t46-,47+,48+,52-,53-,54+,58+/m0/s1. The average Bonchev–Trinajstić information content (AvgIpc) is 3.38. The monoisotopic (exact) mass is 1060 g/mol. The Morgan fingerprint density at radius 2 is 1.07 bits per heavy atom. The van der Waals surface area contributed by atoms with Crippen LogP contribution in [-0.2, 0) is 57.0 Å². The van der Waals surface area contributed by atoms with Gasteiger partial charge in [-0.05, 0) is 103 Å². The fourth-order valence-electron chi connectivity index (χ4n) is 8.18. The van der Waals surface area contributed by atoms with E-state index in [-0.39, 0.29) is 29.0 Å². The highest BCUT2D eigenvalue weighted by Gasteiger charge is 2.53. The summed E-state index contributed by atoms with van der Waals surface area (Å²) in [7, 11) is 0. The van der Waals surface area contributed by atoms with Crippen LogP contribution in [-0.4, -0.2) is 116 Å². The van der Waals surface area contributed by atoms with E-state index in [1.807, 2.05) is 6.08 Å². The Bertz CT molecular complexity index is 2220. The van der Waals surface area contributed by atoms with Crippen LogP contribution >= 0.6 is 0 Å². The second-order valence-corrected chi connectivity index (χ2v) is 20.9. The van der Waals surface area contributed by atoms with Gasteiger partial charge in [-0.2, -0.15) is 0 Å². The van der Waals surface area contributed by atoms with Gasteiger partial charge in [0, 0.05) is 6.42 Å². The SMILES string of the molecule is CCCCCC/C=C/[C@@H](OC(=O)c1ccccc1)[C@H](CO[C@@H]1O[C@H](COCC(=O)OC(C)(C)C)[C@H](OCC(=O)OC(C)(C)C)[C@H](OC(=O)c2ccccc2)[C@H]1OC(=O)c1ccccc1)NC(=O)CCCCCCCCC. The molecule has 1 N–H and O–H groups in total. The number of carbonyl (C=O) groups is 6. The van der Waals surface area contributed by atoms with Crippen LogP contribution < -0.4 is 5.32 Å². The van der Waals surface area contributed by atoms with Gasteiger partial charge in [-0.1, -0.05) is 132 Å². The number of carbonyl (C=O) groups excluding carboxylic acids is 6. The molecule has 418 valence electrons. The van der Waals surface area contributed by atoms with E-state index in [1.54, 1.807) is 114 Å². The molecule has 0 aromatic heterocycles. The summed E-state index contributed by atoms with van der Waals surface area (Å²) in [5, 5.41) is 3.08. The molecule has 0 saturated carbocycles. The van der Waals surface area contributed by atoms with Crippen LogP contribution in [0.15, 0.2) is 103 Å². The predicted molar refractivity (Wildman–Crippen MR) is 286 cm³/mol. The average molecular weight is 1060 g/mol. The summed E-state index contributed by atoms with van der Waals surface area (Å²) in [6, 6.07) is 23.6. The molecule has 0 bridgehead atoms. The number of nitrogens with one attached hydrogen (secondary N) is 1. The summed E-state index contributed by atoms with van der Waals surface area (Å²) >= 11 is 0. The number of esters is 5. The zero-order chi connectivity index (χ0) is 55.4. The molecule has 16 nitrogen and oxygen atoms in total. The molecule has 0 spiro atoms. The number of amides is 1. The molecule has 0 radical (unpaired) electrons. The molecule has 76 heavy (non-hydrogen) atoms. The summed E-state index contributed by atoms with van der Waals surface area (Å²) < 4.78 is 55.3. The molecule has 1 aliphatic heterocycles. The van der Waals surface area contributed by atoms with Gasteiger partial charge in [0.05, 0.1) is 35.9 Å². The van der Waals surface area contributed by atoms with Crippen molar-refractivity contribution in [3.05, 3.63) is 120 Å². The van der Waals surface area contributed by atoms with Crippen molar-refractivity contribution in [2.75, 3.05) is 26.4 Å². The molecule has 1 amide bonds. The largest absolute Gasteiger partial charge is 0.458 e. The topological polar surface area (TPSA) is 198 Å². The third-order valence-corrected chi connectivity index (χ3v) is 11.8. The lowest BCUT2D eigenvalue weighted by atomic mass is 9.97. The molecule has 1 aliphatic rings. The molecule has 16 heteroatoms. The zero-order valence-corrected chi connectivity index (χ0v) is 46.0. The highest BCUT2D eigenvalue weighted by molar-refractivity contribution is 5.91. The van der Waals surface area contributed by atoms with Gasteiger partial charge in [-0.3, -0.25) is 4.79 Å². The van der Waals surface area contributed by atoms with E-state index in [1.165, 1.54) is 24.3 Å². The summed E-state index contributed by atoms with van der Waals surface area (Å²) in [5.41, 5.74) is -1.17. The lowest BCUT2D eigenvalue weighted by Gasteiger charge is -2.45. The van der Waals surface area contributed by atoms with E-state index in [0.717, 1.165) is 64.2 Å². The first kappa shape index (κ1) is 62.6. The number of ether oxygens (including phenoxy) is 9. The number of unbranched alkanes of at least 4 members (excludes halogenated alkanes) is 10. The molecule has 0 aliphatic carbocycles. The number of hydrogen-bond donors (Lipinski definition) is 1. The summed E-state index contributed by atoms with van der Waals surface area (Å²) in [5.74, 6) is -4.11. The summed E-state index contributed by atoms with van der Waals surface area (Å²) in [6.45, 7) is 12.4. The van der Waals surface area contributed by atoms with Crippen molar-refractivity contribution >= 4 is 35.8 Å². The van der Waals surface area contributed by atoms with E-state index < -0.39 is 110 Å². The van der Waals surface area contributed by atoms with Gasteiger partial charge in [0.25, 0.3) is 0 Å². The molecular formula is C60H83NO15. The van der Waals surface area contributed by atoms with E-state index >= 15 is 0 Å². The first-order chi connectivity index (χ1) is 36.4. The first-order valence-electron chi connectivity index (χ1n) is 27.0. The van der Waals surface area contributed by atoms with Gasteiger partial charge >= 0.3 is 29.8 Å². The Labute approximate surface area is 450 Å². The maximum absolute atomic E-state index is 14.2. The van der Waals surface area contributed by atoms with E-state index in [4.69, 9.17) is 42.6 Å². The number of rotatable bonds is 32. The van der Waals surface area contributed by atoms with Crippen molar-refractivity contribution in [1.82, 2.24) is 5.32 Å². The Kier molecular flexibility index (Phi) is 27.4. The lowest BCUT2D eigenvalue weighted by molar-refractivity contribution is -0.308. The molecule has 1 saturated heterocycles. The van der Waals surface area contributed by atoms with Crippen molar-refractivity contribution in [3.63, 3.8) is 0 Å². The molecule has 4 rings (SSSR count). The molecule has 3 aromatic carbocycles. The minimum atomic E-state index is -1.64. The van der Waals surface area contributed by atoms with Crippen molar-refractivity contribution in [1.29, 1.82) is 0 Å². The maximum Gasteiger partial charge on any atom is 0.338 e. The molecule has 1 heterocycles. The molecular weight excluding hydrogens is 975 g/mol. The minimum Gasteiger partial charge on any atom is -0.458 e. The van der Waals surface area contributed by atoms with Crippen LogP contribution in [0, 0.1) is 0 Å². The van der Waals surface area contributed by atoms with Gasteiger partial charge < -0.3 is 47.9 Å². The highest BCUT2D eigenvalue weighted by atomic mass is 16.7. The van der Waals surface area contributed by atoms with Crippen LogP contribution in [0.2, 0.25) is 0 Å². The van der Waals surface area contributed by atoms with Gasteiger partial charge in [0.1, 0.15) is 42.7 Å². The second kappa shape index (κ2) is 33.3. The third-order valence-electron chi connectivity index (χ3n) is 11.8. The quantitative estimate of drug-likeness (QED) is 0.0268. The minimum absolute atomic E-state index is 0.135. The smallest absolute Gasteiger partial charge is 0.338 e. The van der Waals surface area contributed by atoms with Gasteiger partial charge in [-0.15, -0.1) is 0 Å². The van der Waals surface area contributed by atoms with E-state index in [2.05, 4.69) is 19.2 Å². The van der Waals surface area contributed by atoms with Crippen LogP contribution in [0.5, 0.6) is 0 Å².